The van der Waals surface area contributed by atoms with E-state index in [-0.39, 0.29) is 18.1 Å². The molecule has 0 aliphatic carbocycles. The molecule has 1 amide bonds. The topological polar surface area (TPSA) is 77.2 Å². The Labute approximate surface area is 169 Å². The summed E-state index contributed by atoms with van der Waals surface area (Å²) in [6.45, 7) is 6.64. The quantitative estimate of drug-likeness (QED) is 0.749. The van der Waals surface area contributed by atoms with Crippen molar-refractivity contribution in [1.82, 2.24) is 10.3 Å². The zero-order valence-electron chi connectivity index (χ0n) is 17.1. The fraction of sp³-hybridized carbons (Fsp3) is 0.429. The highest BCUT2D eigenvalue weighted by Crippen LogP contribution is 2.16. The number of ether oxygens (including phenoxy) is 1. The molecule has 2 aromatic rings. The summed E-state index contributed by atoms with van der Waals surface area (Å²) in [6, 6.07) is 10.2. The lowest BCUT2D eigenvalue weighted by Gasteiger charge is -2.09. The lowest BCUT2D eigenvalue weighted by atomic mass is 10.1. The van der Waals surface area contributed by atoms with Crippen LogP contribution in [0.1, 0.15) is 48.0 Å². The minimum absolute atomic E-state index is 0. The van der Waals surface area contributed by atoms with Gasteiger partial charge in [-0.05, 0) is 51.0 Å². The Kier molecular flexibility index (Phi) is 9.26. The molecule has 3 N–H and O–H groups in total. The van der Waals surface area contributed by atoms with Crippen LogP contribution in [-0.2, 0) is 17.9 Å². The van der Waals surface area contributed by atoms with Crippen LogP contribution in [0.15, 0.2) is 42.6 Å². The van der Waals surface area contributed by atoms with Crippen molar-refractivity contribution in [1.29, 1.82) is 0 Å². The molecule has 160 valence electrons. The maximum absolute atomic E-state index is 12.0. The first-order valence-corrected chi connectivity index (χ1v) is 9.05. The van der Waals surface area contributed by atoms with Gasteiger partial charge in [-0.15, -0.1) is 0 Å². The van der Waals surface area contributed by atoms with Gasteiger partial charge in [-0.1, -0.05) is 24.3 Å². The van der Waals surface area contributed by atoms with Gasteiger partial charge in [0.15, 0.2) is 0 Å². The Morgan fingerprint density at radius 1 is 1.10 bits per heavy atom. The summed E-state index contributed by atoms with van der Waals surface area (Å²) >= 11 is 0. The zero-order valence-corrected chi connectivity index (χ0v) is 17.1. The van der Waals surface area contributed by atoms with Crippen molar-refractivity contribution < 1.29 is 22.7 Å². The van der Waals surface area contributed by atoms with E-state index in [1.807, 2.05) is 20.8 Å². The van der Waals surface area contributed by atoms with Crippen LogP contribution in [0.25, 0.3) is 0 Å². The third-order valence-electron chi connectivity index (χ3n) is 3.17. The summed E-state index contributed by atoms with van der Waals surface area (Å²) in [5, 5.41) is 2.78. The predicted molar refractivity (Wildman–Crippen MR) is 106 cm³/mol. The molecule has 1 heterocycles. The number of carbonyl (C=O) groups excluding carboxylic acids is 1. The molecule has 0 fully saturated rings. The van der Waals surface area contributed by atoms with E-state index >= 15 is 0 Å². The van der Waals surface area contributed by atoms with Gasteiger partial charge in [0.25, 0.3) is 5.91 Å². The van der Waals surface area contributed by atoms with Gasteiger partial charge in [0, 0.05) is 29.5 Å². The molecule has 0 bridgehead atoms. The molecule has 8 heteroatoms. The minimum Gasteiger partial charge on any atom is -0.367 e. The van der Waals surface area contributed by atoms with Crippen molar-refractivity contribution in [2.75, 3.05) is 6.61 Å². The van der Waals surface area contributed by atoms with E-state index in [0.29, 0.717) is 17.7 Å². The molecule has 0 saturated heterocycles. The molecule has 0 unspecified atom stereocenters. The molecule has 1 aromatic carbocycles. The molecule has 0 aliphatic heterocycles. The number of aromatic nitrogens is 1. The van der Waals surface area contributed by atoms with Gasteiger partial charge in [0.1, 0.15) is 6.61 Å². The third kappa shape index (κ3) is 12.6. The molecule has 1 aromatic heterocycles. The fourth-order valence-electron chi connectivity index (χ4n) is 2.01. The highest BCUT2D eigenvalue weighted by Gasteiger charge is 2.27. The summed E-state index contributed by atoms with van der Waals surface area (Å²) in [5.41, 5.74) is 8.12. The van der Waals surface area contributed by atoms with Crippen LogP contribution in [0.3, 0.4) is 0 Å². The number of hydrogen-bond donors (Lipinski definition) is 2. The summed E-state index contributed by atoms with van der Waals surface area (Å²) in [6.07, 6.45) is -2.75. The number of amides is 1. The van der Waals surface area contributed by atoms with Crippen LogP contribution in [0.2, 0.25) is 0 Å². The predicted octanol–water partition coefficient (Wildman–Crippen LogP) is 4.14. The van der Waals surface area contributed by atoms with E-state index in [9.17, 15) is 18.0 Å². The summed E-state index contributed by atoms with van der Waals surface area (Å²) in [5.74, 6) is -0.210. The van der Waals surface area contributed by atoms with Gasteiger partial charge in [-0.3, -0.25) is 9.78 Å². The molecule has 0 saturated carbocycles. The van der Waals surface area contributed by atoms with Crippen LogP contribution in [0.4, 0.5) is 13.2 Å². The van der Waals surface area contributed by atoms with E-state index in [2.05, 4.69) is 15.0 Å². The highest BCUT2D eigenvalue weighted by molar-refractivity contribution is 5.94. The van der Waals surface area contributed by atoms with Gasteiger partial charge in [-0.25, -0.2) is 0 Å². The molecule has 5 nitrogen and oxygen atoms in total. The van der Waals surface area contributed by atoms with Gasteiger partial charge in [0.05, 0.1) is 6.61 Å². The van der Waals surface area contributed by atoms with Crippen molar-refractivity contribution in [2.45, 2.75) is 52.6 Å². The Morgan fingerprint density at radius 2 is 1.66 bits per heavy atom. The average Bonchev–Trinajstić information content (AvgIpc) is 2.58. The summed E-state index contributed by atoms with van der Waals surface area (Å²) in [4.78, 5) is 16.0. The van der Waals surface area contributed by atoms with Crippen LogP contribution >= 0.6 is 0 Å². The van der Waals surface area contributed by atoms with Gasteiger partial charge < -0.3 is 15.8 Å². The number of hydrogen-bond acceptors (Lipinski definition) is 4. The zero-order chi connectivity index (χ0) is 22.1. The highest BCUT2D eigenvalue weighted by atomic mass is 19.4. The van der Waals surface area contributed by atoms with Crippen LogP contribution in [0.5, 0.6) is 0 Å². The summed E-state index contributed by atoms with van der Waals surface area (Å²) in [7, 11) is 0. The number of aryl methyl sites for hydroxylation is 1. The number of nitrogens with two attached hydrogens (primary N) is 1. The van der Waals surface area contributed by atoms with Crippen LogP contribution in [0, 0.1) is 6.92 Å². The number of rotatable bonds is 6. The van der Waals surface area contributed by atoms with Crippen molar-refractivity contribution in [3.05, 3.63) is 65.0 Å². The van der Waals surface area contributed by atoms with Gasteiger partial charge in [0.2, 0.25) is 0 Å². The third-order valence-corrected chi connectivity index (χ3v) is 3.17. The van der Waals surface area contributed by atoms with Crippen molar-refractivity contribution >= 4 is 5.91 Å². The largest absolute Gasteiger partial charge is 0.411 e. The van der Waals surface area contributed by atoms with Crippen molar-refractivity contribution in [2.24, 2.45) is 5.73 Å². The average molecular weight is 411 g/mol. The van der Waals surface area contributed by atoms with E-state index in [1.165, 1.54) is 0 Å². The lowest BCUT2D eigenvalue weighted by molar-refractivity contribution is -0.176. The number of nitrogens with zero attached hydrogens (tertiary/aromatic N) is 1. The molecule has 0 atom stereocenters. The standard InChI is InChI=1S/C17H17F3N2O2.C4H11N/c1-12-8-15(6-7-21-12)16(23)22-9-13-2-4-14(5-3-13)10-24-11-17(18,19)20;1-4(2,3)5/h2-8H,9-11H2,1H3,(H,22,23);5H2,1-3H3. The number of pyridine rings is 1. The SMILES string of the molecule is CC(C)(C)N.Cc1cc(C(=O)NCc2ccc(COCC(F)(F)F)cc2)ccn1. The second-order valence-corrected chi connectivity index (χ2v) is 7.66. The molecule has 0 aliphatic rings. The van der Waals surface area contributed by atoms with Crippen molar-refractivity contribution in [3.8, 4) is 0 Å². The maximum Gasteiger partial charge on any atom is 0.411 e. The number of alkyl halides is 3. The van der Waals surface area contributed by atoms with Gasteiger partial charge in [-0.2, -0.15) is 13.2 Å². The molecule has 2 rings (SSSR count). The first-order valence-electron chi connectivity index (χ1n) is 9.05. The Balaban J connectivity index is 0.000000749. The van der Waals surface area contributed by atoms with E-state index in [0.717, 1.165) is 11.3 Å². The lowest BCUT2D eigenvalue weighted by Crippen LogP contribution is -2.26. The first-order chi connectivity index (χ1) is 13.3. The van der Waals surface area contributed by atoms with Crippen LogP contribution < -0.4 is 11.1 Å². The Hall–Kier alpha value is -2.45. The number of benzene rings is 1. The van der Waals surface area contributed by atoms with E-state index in [4.69, 9.17) is 5.73 Å². The van der Waals surface area contributed by atoms with Crippen molar-refractivity contribution in [3.63, 3.8) is 0 Å². The molecule has 29 heavy (non-hydrogen) atoms. The molecular formula is C21H28F3N3O2. The number of carbonyl (C=O) groups is 1. The second-order valence-electron chi connectivity index (χ2n) is 7.66. The normalized spacial score (nSPS) is 11.4. The molecule has 0 radical (unpaired) electrons. The fourth-order valence-corrected chi connectivity index (χ4v) is 2.01. The maximum atomic E-state index is 12.0. The molecule has 0 spiro atoms. The minimum atomic E-state index is -4.32. The Morgan fingerprint density at radius 3 is 2.17 bits per heavy atom. The van der Waals surface area contributed by atoms with E-state index in [1.54, 1.807) is 49.5 Å². The monoisotopic (exact) mass is 411 g/mol. The Bertz CT molecular complexity index is 764. The number of halogens is 3. The van der Waals surface area contributed by atoms with E-state index < -0.39 is 12.8 Å². The van der Waals surface area contributed by atoms with Crippen LogP contribution in [-0.4, -0.2) is 29.2 Å². The smallest absolute Gasteiger partial charge is 0.367 e. The first kappa shape index (κ1) is 24.6. The number of nitrogens with one attached hydrogen (secondary N) is 1. The summed E-state index contributed by atoms with van der Waals surface area (Å²) < 4.78 is 40.6. The molecular weight excluding hydrogens is 383 g/mol. The van der Waals surface area contributed by atoms with Gasteiger partial charge >= 0.3 is 6.18 Å². The second kappa shape index (κ2) is 10.9.